The monoisotopic (exact) mass is 281 g/mol. The molecule has 0 bridgehead atoms. The van der Waals surface area contributed by atoms with Gasteiger partial charge in [-0.15, -0.1) is 0 Å². The highest BCUT2D eigenvalue weighted by molar-refractivity contribution is 7.99. The van der Waals surface area contributed by atoms with Gasteiger partial charge >= 0.3 is 0 Å². The van der Waals surface area contributed by atoms with Crippen LogP contribution in [-0.4, -0.2) is 29.3 Å². The van der Waals surface area contributed by atoms with Crippen LogP contribution in [0.5, 0.6) is 0 Å². The lowest BCUT2D eigenvalue weighted by molar-refractivity contribution is 0.300. The SMILES string of the molecule is CCCNC(CSC(C)CO)c1ccc(C)cc1C. The highest BCUT2D eigenvalue weighted by Crippen LogP contribution is 2.24. The maximum Gasteiger partial charge on any atom is 0.0547 e. The third kappa shape index (κ3) is 5.55. The standard InChI is InChI=1S/C16H27NOS/c1-5-8-17-16(11-19-14(4)10-18)15-7-6-12(2)9-13(15)3/h6-7,9,14,16-18H,5,8,10-11H2,1-4H3. The zero-order valence-electron chi connectivity index (χ0n) is 12.6. The summed E-state index contributed by atoms with van der Waals surface area (Å²) in [4.78, 5) is 0. The maximum absolute atomic E-state index is 9.14. The van der Waals surface area contributed by atoms with E-state index >= 15 is 0 Å². The summed E-state index contributed by atoms with van der Waals surface area (Å²) in [6.45, 7) is 9.86. The van der Waals surface area contributed by atoms with E-state index in [1.165, 1.54) is 16.7 Å². The molecule has 1 rings (SSSR count). The highest BCUT2D eigenvalue weighted by atomic mass is 32.2. The maximum atomic E-state index is 9.14. The Morgan fingerprint density at radius 2 is 2.05 bits per heavy atom. The van der Waals surface area contributed by atoms with Crippen molar-refractivity contribution in [2.24, 2.45) is 0 Å². The third-order valence-electron chi connectivity index (χ3n) is 3.25. The molecule has 0 saturated heterocycles. The van der Waals surface area contributed by atoms with Crippen LogP contribution in [0, 0.1) is 13.8 Å². The molecule has 0 heterocycles. The molecule has 2 atom stereocenters. The largest absolute Gasteiger partial charge is 0.395 e. The van der Waals surface area contributed by atoms with Crippen molar-refractivity contribution >= 4 is 11.8 Å². The van der Waals surface area contributed by atoms with Gasteiger partial charge in [0.2, 0.25) is 0 Å². The van der Waals surface area contributed by atoms with Crippen LogP contribution in [0.3, 0.4) is 0 Å². The average molecular weight is 281 g/mol. The molecule has 0 radical (unpaired) electrons. The van der Waals surface area contributed by atoms with Crippen molar-refractivity contribution in [2.75, 3.05) is 18.9 Å². The summed E-state index contributed by atoms with van der Waals surface area (Å²) < 4.78 is 0. The van der Waals surface area contributed by atoms with E-state index in [1.807, 2.05) is 11.8 Å². The Kier molecular flexibility index (Phi) is 7.51. The Morgan fingerprint density at radius 3 is 2.63 bits per heavy atom. The van der Waals surface area contributed by atoms with Crippen molar-refractivity contribution in [3.63, 3.8) is 0 Å². The van der Waals surface area contributed by atoms with Crippen molar-refractivity contribution < 1.29 is 5.11 Å². The first-order valence-corrected chi connectivity index (χ1v) is 8.16. The molecule has 0 aliphatic heterocycles. The minimum atomic E-state index is 0.248. The summed E-state index contributed by atoms with van der Waals surface area (Å²) in [5.41, 5.74) is 4.05. The number of aliphatic hydroxyl groups excluding tert-OH is 1. The van der Waals surface area contributed by atoms with Crippen LogP contribution >= 0.6 is 11.8 Å². The normalized spacial score (nSPS) is 14.4. The number of nitrogens with one attached hydrogen (secondary N) is 1. The van der Waals surface area contributed by atoms with E-state index in [2.05, 4.69) is 51.2 Å². The minimum absolute atomic E-state index is 0.248. The molecule has 1 aromatic rings. The van der Waals surface area contributed by atoms with Crippen LogP contribution in [0.4, 0.5) is 0 Å². The Labute approximate surface area is 122 Å². The fraction of sp³-hybridized carbons (Fsp3) is 0.625. The molecule has 0 aliphatic carbocycles. The molecule has 0 fully saturated rings. The number of hydrogen-bond donors (Lipinski definition) is 2. The zero-order chi connectivity index (χ0) is 14.3. The molecular weight excluding hydrogens is 254 g/mol. The van der Waals surface area contributed by atoms with Gasteiger partial charge < -0.3 is 10.4 Å². The predicted molar refractivity (Wildman–Crippen MR) is 86.0 cm³/mol. The molecule has 19 heavy (non-hydrogen) atoms. The molecule has 0 saturated carbocycles. The van der Waals surface area contributed by atoms with Gasteiger partial charge in [0.05, 0.1) is 6.61 Å². The number of thioether (sulfide) groups is 1. The van der Waals surface area contributed by atoms with Crippen LogP contribution < -0.4 is 5.32 Å². The van der Waals surface area contributed by atoms with Gasteiger partial charge in [-0.3, -0.25) is 0 Å². The second-order valence-electron chi connectivity index (χ2n) is 5.19. The number of aryl methyl sites for hydroxylation is 2. The Bertz CT molecular complexity index is 381. The molecule has 2 unspecified atom stereocenters. The summed E-state index contributed by atoms with van der Waals surface area (Å²) in [6.07, 6.45) is 1.14. The van der Waals surface area contributed by atoms with Gasteiger partial charge in [-0.2, -0.15) is 11.8 Å². The van der Waals surface area contributed by atoms with Crippen molar-refractivity contribution in [1.82, 2.24) is 5.32 Å². The molecule has 2 nitrogen and oxygen atoms in total. The summed E-state index contributed by atoms with van der Waals surface area (Å²) in [5, 5.41) is 13.1. The summed E-state index contributed by atoms with van der Waals surface area (Å²) >= 11 is 1.83. The van der Waals surface area contributed by atoms with E-state index in [-0.39, 0.29) is 6.61 Å². The first kappa shape index (κ1) is 16.5. The number of aliphatic hydroxyl groups is 1. The van der Waals surface area contributed by atoms with Gasteiger partial charge in [-0.05, 0) is 37.9 Å². The Balaban J connectivity index is 2.76. The predicted octanol–water partition coefficient (Wildman–Crippen LogP) is 3.46. The van der Waals surface area contributed by atoms with Crippen molar-refractivity contribution in [2.45, 2.75) is 45.4 Å². The Morgan fingerprint density at radius 1 is 1.32 bits per heavy atom. The quantitative estimate of drug-likeness (QED) is 0.765. The lowest BCUT2D eigenvalue weighted by atomic mass is 10.00. The van der Waals surface area contributed by atoms with E-state index in [0.29, 0.717) is 11.3 Å². The van der Waals surface area contributed by atoms with E-state index in [1.54, 1.807) is 0 Å². The fourth-order valence-electron chi connectivity index (χ4n) is 2.11. The third-order valence-corrected chi connectivity index (χ3v) is 4.49. The summed E-state index contributed by atoms with van der Waals surface area (Å²) in [5.74, 6) is 1.01. The molecule has 3 heteroatoms. The summed E-state index contributed by atoms with van der Waals surface area (Å²) in [7, 11) is 0. The molecular formula is C16H27NOS. The molecule has 0 spiro atoms. The van der Waals surface area contributed by atoms with E-state index in [4.69, 9.17) is 5.11 Å². The van der Waals surface area contributed by atoms with Crippen molar-refractivity contribution in [3.8, 4) is 0 Å². The number of rotatable bonds is 8. The second-order valence-corrected chi connectivity index (χ2v) is 6.66. The van der Waals surface area contributed by atoms with Crippen LogP contribution in [0.2, 0.25) is 0 Å². The molecule has 1 aromatic carbocycles. The van der Waals surface area contributed by atoms with Crippen LogP contribution in [0.1, 0.15) is 43.0 Å². The Hall–Kier alpha value is -0.510. The lowest BCUT2D eigenvalue weighted by Gasteiger charge is -2.22. The van der Waals surface area contributed by atoms with Gasteiger partial charge in [-0.1, -0.05) is 37.6 Å². The van der Waals surface area contributed by atoms with Crippen molar-refractivity contribution in [1.29, 1.82) is 0 Å². The van der Waals surface area contributed by atoms with Gasteiger partial charge in [0.15, 0.2) is 0 Å². The molecule has 0 aromatic heterocycles. The lowest BCUT2D eigenvalue weighted by Crippen LogP contribution is -2.25. The van der Waals surface area contributed by atoms with Crippen molar-refractivity contribution in [3.05, 3.63) is 34.9 Å². The molecule has 0 amide bonds. The first-order valence-electron chi connectivity index (χ1n) is 7.11. The number of benzene rings is 1. The number of hydrogen-bond acceptors (Lipinski definition) is 3. The smallest absolute Gasteiger partial charge is 0.0547 e. The van der Waals surface area contributed by atoms with Crippen LogP contribution in [-0.2, 0) is 0 Å². The first-order chi connectivity index (χ1) is 9.08. The van der Waals surface area contributed by atoms with Gasteiger partial charge in [0, 0.05) is 17.0 Å². The van der Waals surface area contributed by atoms with E-state index in [0.717, 1.165) is 18.7 Å². The van der Waals surface area contributed by atoms with Crippen LogP contribution in [0.25, 0.3) is 0 Å². The zero-order valence-corrected chi connectivity index (χ0v) is 13.4. The van der Waals surface area contributed by atoms with Gasteiger partial charge in [0.1, 0.15) is 0 Å². The second kappa shape index (κ2) is 8.62. The molecule has 2 N–H and O–H groups in total. The topological polar surface area (TPSA) is 32.3 Å². The van der Waals surface area contributed by atoms with Gasteiger partial charge in [0.25, 0.3) is 0 Å². The summed E-state index contributed by atoms with van der Waals surface area (Å²) in [6, 6.07) is 7.04. The molecule has 108 valence electrons. The van der Waals surface area contributed by atoms with E-state index < -0.39 is 0 Å². The minimum Gasteiger partial charge on any atom is -0.395 e. The molecule has 0 aliphatic rings. The average Bonchev–Trinajstić information content (AvgIpc) is 2.39. The highest BCUT2D eigenvalue weighted by Gasteiger charge is 2.14. The van der Waals surface area contributed by atoms with Crippen LogP contribution in [0.15, 0.2) is 18.2 Å². The van der Waals surface area contributed by atoms with Gasteiger partial charge in [-0.25, -0.2) is 0 Å². The fourth-order valence-corrected chi connectivity index (χ4v) is 3.03. The van der Waals surface area contributed by atoms with E-state index in [9.17, 15) is 0 Å².